The van der Waals surface area contributed by atoms with Crippen LogP contribution in [0.15, 0.2) is 18.2 Å². The predicted octanol–water partition coefficient (Wildman–Crippen LogP) is 1.55. The lowest BCUT2D eigenvalue weighted by Crippen LogP contribution is -2.32. The summed E-state index contributed by atoms with van der Waals surface area (Å²) in [6.45, 7) is 3.36. The van der Waals surface area contributed by atoms with E-state index in [1.165, 1.54) is 19.2 Å². The van der Waals surface area contributed by atoms with E-state index < -0.39 is 0 Å². The summed E-state index contributed by atoms with van der Waals surface area (Å²) in [5.74, 6) is 0.136. The average Bonchev–Trinajstić information content (AvgIpc) is 2.70. The van der Waals surface area contributed by atoms with Crippen LogP contribution in [0.4, 0.5) is 10.1 Å². The van der Waals surface area contributed by atoms with Crippen molar-refractivity contribution in [1.82, 2.24) is 5.32 Å². The van der Waals surface area contributed by atoms with Gasteiger partial charge in [0.2, 0.25) is 5.91 Å². The summed E-state index contributed by atoms with van der Waals surface area (Å²) < 4.78 is 18.5. The first kappa shape index (κ1) is 12.8. The number of carbonyl (C=O) groups is 1. The highest BCUT2D eigenvalue weighted by atomic mass is 19.1. The molecule has 1 aromatic carbocycles. The molecule has 1 aliphatic heterocycles. The van der Waals surface area contributed by atoms with Crippen LogP contribution in [0.1, 0.15) is 13.3 Å². The molecule has 0 bridgehead atoms. The lowest BCUT2D eigenvalue weighted by atomic mass is 10.2. The van der Waals surface area contributed by atoms with Crippen LogP contribution in [-0.2, 0) is 4.79 Å². The predicted molar refractivity (Wildman–Crippen MR) is 67.4 cm³/mol. The highest BCUT2D eigenvalue weighted by molar-refractivity contribution is 5.97. The molecule has 1 atom stereocenters. The molecule has 1 amide bonds. The molecule has 18 heavy (non-hydrogen) atoms. The van der Waals surface area contributed by atoms with Crippen LogP contribution in [0.25, 0.3) is 0 Å². The summed E-state index contributed by atoms with van der Waals surface area (Å²) in [4.78, 5) is 13.5. The fourth-order valence-corrected chi connectivity index (χ4v) is 2.24. The normalized spacial score (nSPS) is 19.4. The number of hydrogen-bond donors (Lipinski definition) is 1. The van der Waals surface area contributed by atoms with Gasteiger partial charge in [0, 0.05) is 25.1 Å². The van der Waals surface area contributed by atoms with Gasteiger partial charge in [-0.2, -0.15) is 0 Å². The topological polar surface area (TPSA) is 41.6 Å². The smallest absolute Gasteiger partial charge is 0.228 e. The zero-order chi connectivity index (χ0) is 13.1. The van der Waals surface area contributed by atoms with Crippen LogP contribution in [0.2, 0.25) is 0 Å². The van der Waals surface area contributed by atoms with Crippen LogP contribution >= 0.6 is 0 Å². The minimum Gasteiger partial charge on any atom is -0.495 e. The number of ether oxygens (including phenoxy) is 1. The van der Waals surface area contributed by atoms with E-state index in [1.807, 2.05) is 6.92 Å². The Morgan fingerprint density at radius 1 is 1.56 bits per heavy atom. The van der Waals surface area contributed by atoms with Gasteiger partial charge in [0.1, 0.15) is 11.6 Å². The average molecular weight is 252 g/mol. The molecule has 5 heteroatoms. The summed E-state index contributed by atoms with van der Waals surface area (Å²) in [7, 11) is 1.51. The molecular formula is C13H17FN2O2. The van der Waals surface area contributed by atoms with Crippen LogP contribution < -0.4 is 15.0 Å². The first-order chi connectivity index (χ1) is 8.65. The van der Waals surface area contributed by atoms with Gasteiger partial charge in [-0.1, -0.05) is 6.92 Å². The first-order valence-corrected chi connectivity index (χ1v) is 6.03. The second-order valence-electron chi connectivity index (χ2n) is 4.28. The molecule has 1 aliphatic rings. The molecule has 0 aliphatic carbocycles. The third-order valence-corrected chi connectivity index (χ3v) is 3.05. The number of carbonyl (C=O) groups excluding carboxylic acids is 1. The molecule has 1 unspecified atom stereocenters. The summed E-state index contributed by atoms with van der Waals surface area (Å²) in [5, 5.41) is 3.23. The fraction of sp³-hybridized carbons (Fsp3) is 0.462. The van der Waals surface area contributed by atoms with Crippen molar-refractivity contribution in [1.29, 1.82) is 0 Å². The van der Waals surface area contributed by atoms with E-state index in [1.54, 1.807) is 11.0 Å². The van der Waals surface area contributed by atoms with Gasteiger partial charge in [0.05, 0.1) is 12.8 Å². The van der Waals surface area contributed by atoms with E-state index in [4.69, 9.17) is 4.74 Å². The van der Waals surface area contributed by atoms with Crippen LogP contribution in [-0.4, -0.2) is 32.1 Å². The molecule has 4 nitrogen and oxygen atoms in total. The second kappa shape index (κ2) is 5.35. The largest absolute Gasteiger partial charge is 0.495 e. The molecule has 1 aromatic rings. The maximum absolute atomic E-state index is 13.3. The van der Waals surface area contributed by atoms with Crippen LogP contribution in [0.5, 0.6) is 5.75 Å². The zero-order valence-electron chi connectivity index (χ0n) is 10.6. The maximum Gasteiger partial charge on any atom is 0.228 e. The lowest BCUT2D eigenvalue weighted by Gasteiger charge is -2.19. The van der Waals surface area contributed by atoms with E-state index in [0.717, 1.165) is 6.54 Å². The van der Waals surface area contributed by atoms with Crippen molar-refractivity contribution in [2.75, 3.05) is 25.1 Å². The highest BCUT2D eigenvalue weighted by Crippen LogP contribution is 2.32. The molecule has 1 N–H and O–H groups in total. The molecule has 1 heterocycles. The third-order valence-electron chi connectivity index (χ3n) is 3.05. The zero-order valence-corrected chi connectivity index (χ0v) is 10.6. The molecule has 1 fully saturated rings. The Hall–Kier alpha value is -1.62. The van der Waals surface area contributed by atoms with E-state index in [2.05, 4.69) is 5.32 Å². The van der Waals surface area contributed by atoms with Gasteiger partial charge >= 0.3 is 0 Å². The number of amides is 1. The van der Waals surface area contributed by atoms with E-state index in [-0.39, 0.29) is 17.8 Å². The summed E-state index contributed by atoms with van der Waals surface area (Å²) in [5.41, 5.74) is 0.503. The number of methoxy groups -OCH3 is 1. The Bertz CT molecular complexity index is 451. The summed E-state index contributed by atoms with van der Waals surface area (Å²) in [6.07, 6.45) is 0.438. The number of anilines is 1. The van der Waals surface area contributed by atoms with Gasteiger partial charge < -0.3 is 15.0 Å². The Morgan fingerprint density at radius 3 is 3.00 bits per heavy atom. The Labute approximate surface area is 106 Å². The van der Waals surface area contributed by atoms with Gasteiger partial charge in [0.25, 0.3) is 0 Å². The molecule has 2 rings (SSSR count). The van der Waals surface area contributed by atoms with Gasteiger partial charge in [-0.15, -0.1) is 0 Å². The van der Waals surface area contributed by atoms with Gasteiger partial charge in [0.15, 0.2) is 0 Å². The van der Waals surface area contributed by atoms with Crippen molar-refractivity contribution in [3.63, 3.8) is 0 Å². The lowest BCUT2D eigenvalue weighted by molar-refractivity contribution is -0.117. The van der Waals surface area contributed by atoms with Gasteiger partial charge in [-0.05, 0) is 18.7 Å². The number of halogens is 1. The monoisotopic (exact) mass is 252 g/mol. The molecule has 1 saturated heterocycles. The summed E-state index contributed by atoms with van der Waals surface area (Å²) >= 11 is 0. The van der Waals surface area contributed by atoms with Crippen LogP contribution in [0, 0.1) is 5.82 Å². The Kier molecular flexibility index (Phi) is 3.81. The molecule has 0 radical (unpaired) electrons. The van der Waals surface area contributed by atoms with Crippen molar-refractivity contribution < 1.29 is 13.9 Å². The maximum atomic E-state index is 13.3. The highest BCUT2D eigenvalue weighted by Gasteiger charge is 2.31. The number of nitrogens with zero attached hydrogens (tertiary/aromatic N) is 1. The van der Waals surface area contributed by atoms with E-state index in [9.17, 15) is 9.18 Å². The first-order valence-electron chi connectivity index (χ1n) is 6.03. The van der Waals surface area contributed by atoms with Crippen molar-refractivity contribution in [2.24, 2.45) is 0 Å². The fourth-order valence-electron chi connectivity index (χ4n) is 2.24. The SMILES string of the molecule is CCNC1CC(=O)N(c2cc(F)ccc2OC)C1. The molecule has 0 spiro atoms. The number of rotatable bonds is 4. The van der Waals surface area contributed by atoms with Crippen molar-refractivity contribution in [3.05, 3.63) is 24.0 Å². The molecular weight excluding hydrogens is 235 g/mol. The minimum atomic E-state index is -0.370. The Balaban J connectivity index is 2.26. The number of likely N-dealkylation sites (N-methyl/N-ethyl adjacent to an activating group) is 1. The third kappa shape index (κ3) is 2.46. The van der Waals surface area contributed by atoms with Crippen molar-refractivity contribution >= 4 is 11.6 Å². The van der Waals surface area contributed by atoms with Crippen molar-refractivity contribution in [2.45, 2.75) is 19.4 Å². The van der Waals surface area contributed by atoms with Gasteiger partial charge in [-0.3, -0.25) is 4.79 Å². The van der Waals surface area contributed by atoms with E-state index in [0.29, 0.717) is 24.4 Å². The van der Waals surface area contributed by atoms with Crippen LogP contribution in [0.3, 0.4) is 0 Å². The van der Waals surface area contributed by atoms with E-state index >= 15 is 0 Å². The second-order valence-corrected chi connectivity index (χ2v) is 4.28. The van der Waals surface area contributed by atoms with Crippen molar-refractivity contribution in [3.8, 4) is 5.75 Å². The number of hydrogen-bond acceptors (Lipinski definition) is 3. The Morgan fingerprint density at radius 2 is 2.33 bits per heavy atom. The molecule has 98 valence electrons. The quantitative estimate of drug-likeness (QED) is 0.884. The standard InChI is InChI=1S/C13H17FN2O2/c1-3-15-10-7-13(17)16(8-10)11-6-9(14)4-5-12(11)18-2/h4-6,10,15H,3,7-8H2,1-2H3. The summed E-state index contributed by atoms with van der Waals surface area (Å²) in [6, 6.07) is 4.32. The molecule has 0 aromatic heterocycles. The number of benzene rings is 1. The minimum absolute atomic E-state index is 0.00940. The van der Waals surface area contributed by atoms with Gasteiger partial charge in [-0.25, -0.2) is 4.39 Å². The molecule has 0 saturated carbocycles. The number of nitrogens with one attached hydrogen (secondary N) is 1.